The van der Waals surface area contributed by atoms with E-state index >= 15 is 0 Å². The number of benzene rings is 2. The minimum atomic E-state index is -0.288. The molecular weight excluding hydrogens is 362 g/mol. The number of methoxy groups -OCH3 is 1. The van der Waals surface area contributed by atoms with Gasteiger partial charge in [0, 0.05) is 18.3 Å². The van der Waals surface area contributed by atoms with Crippen molar-refractivity contribution in [3.05, 3.63) is 58.1 Å². The molecule has 0 aliphatic carbocycles. The maximum Gasteiger partial charge on any atom is 0.275 e. The fourth-order valence-corrected chi connectivity index (χ4v) is 4.08. The Bertz CT molecular complexity index is 963. The predicted octanol–water partition coefficient (Wildman–Crippen LogP) is 4.80. The normalized spacial score (nSPS) is 17.9. The van der Waals surface area contributed by atoms with Gasteiger partial charge in [0.2, 0.25) is 0 Å². The van der Waals surface area contributed by atoms with Gasteiger partial charge in [-0.1, -0.05) is 13.0 Å². The molecule has 1 atom stereocenters. The Balaban J connectivity index is 1.82. The lowest BCUT2D eigenvalue weighted by atomic mass is 9.79. The number of hydrazone groups is 1. The molecule has 1 heterocycles. The molecule has 1 N–H and O–H groups in total. The Labute approximate surface area is 173 Å². The molecule has 1 aliphatic heterocycles. The minimum Gasteiger partial charge on any atom is -0.496 e. The third kappa shape index (κ3) is 4.14. The molecular formula is C24H31N3O2. The molecule has 2 aromatic carbocycles. The van der Waals surface area contributed by atoms with Crippen molar-refractivity contribution in [1.29, 1.82) is 0 Å². The fraction of sp³-hybridized carbons (Fsp3) is 0.417. The second-order valence-electron chi connectivity index (χ2n) is 8.65. The van der Waals surface area contributed by atoms with Crippen LogP contribution in [-0.2, 0) is 0 Å². The molecule has 0 fully saturated rings. The summed E-state index contributed by atoms with van der Waals surface area (Å²) in [6.45, 7) is 10.9. The van der Waals surface area contributed by atoms with E-state index in [0.29, 0.717) is 17.2 Å². The molecule has 154 valence electrons. The van der Waals surface area contributed by atoms with Crippen LogP contribution >= 0.6 is 0 Å². The number of aryl methyl sites for hydroxylation is 2. The highest BCUT2D eigenvalue weighted by Gasteiger charge is 2.34. The number of carbonyl (C=O) groups excluding carboxylic acids is 1. The highest BCUT2D eigenvalue weighted by molar-refractivity contribution is 5.97. The first-order valence-corrected chi connectivity index (χ1v) is 10.0. The maximum atomic E-state index is 12.5. The van der Waals surface area contributed by atoms with Crippen molar-refractivity contribution in [3.8, 4) is 5.75 Å². The largest absolute Gasteiger partial charge is 0.496 e. The zero-order chi connectivity index (χ0) is 21.3. The van der Waals surface area contributed by atoms with Crippen LogP contribution in [0.5, 0.6) is 5.75 Å². The second-order valence-corrected chi connectivity index (χ2v) is 8.65. The predicted molar refractivity (Wildman–Crippen MR) is 119 cm³/mol. The van der Waals surface area contributed by atoms with Gasteiger partial charge in [0.25, 0.3) is 5.91 Å². The third-order valence-corrected chi connectivity index (χ3v) is 5.99. The van der Waals surface area contributed by atoms with Gasteiger partial charge in [0.15, 0.2) is 0 Å². The lowest BCUT2D eigenvalue weighted by Gasteiger charge is -2.45. The summed E-state index contributed by atoms with van der Waals surface area (Å²) in [6, 6.07) is 9.89. The molecule has 1 amide bonds. The van der Waals surface area contributed by atoms with Gasteiger partial charge in [0.05, 0.1) is 18.9 Å². The molecule has 2 aromatic rings. The number of nitrogens with zero attached hydrogens (tertiary/aromatic N) is 2. The van der Waals surface area contributed by atoms with Crippen LogP contribution in [0.2, 0.25) is 0 Å². The first kappa shape index (κ1) is 20.9. The van der Waals surface area contributed by atoms with E-state index in [9.17, 15) is 4.79 Å². The van der Waals surface area contributed by atoms with Crippen LogP contribution < -0.4 is 15.1 Å². The molecule has 29 heavy (non-hydrogen) atoms. The van der Waals surface area contributed by atoms with E-state index in [4.69, 9.17) is 4.74 Å². The second kappa shape index (κ2) is 7.90. The van der Waals surface area contributed by atoms with Crippen LogP contribution in [0.3, 0.4) is 0 Å². The Morgan fingerprint density at radius 1 is 1.28 bits per heavy atom. The molecule has 0 spiro atoms. The van der Waals surface area contributed by atoms with Crippen LogP contribution in [-0.4, -0.2) is 31.8 Å². The number of amides is 1. The first-order valence-electron chi connectivity index (χ1n) is 10.0. The van der Waals surface area contributed by atoms with Gasteiger partial charge in [-0.25, -0.2) is 5.43 Å². The Hall–Kier alpha value is -2.82. The van der Waals surface area contributed by atoms with Gasteiger partial charge in [-0.05, 0) is 86.6 Å². The maximum absolute atomic E-state index is 12.5. The highest BCUT2D eigenvalue weighted by Crippen LogP contribution is 2.43. The van der Waals surface area contributed by atoms with Crippen molar-refractivity contribution in [2.75, 3.05) is 19.1 Å². The zero-order valence-corrected chi connectivity index (χ0v) is 18.5. The lowest BCUT2D eigenvalue weighted by Crippen LogP contribution is -2.45. The Morgan fingerprint density at radius 2 is 2.00 bits per heavy atom. The van der Waals surface area contributed by atoms with E-state index in [-0.39, 0.29) is 11.4 Å². The summed E-state index contributed by atoms with van der Waals surface area (Å²) >= 11 is 0. The van der Waals surface area contributed by atoms with Gasteiger partial charge in [0.1, 0.15) is 5.75 Å². The van der Waals surface area contributed by atoms with Crippen LogP contribution in [0.1, 0.15) is 65.7 Å². The van der Waals surface area contributed by atoms with E-state index in [0.717, 1.165) is 23.1 Å². The number of anilines is 1. The van der Waals surface area contributed by atoms with Crippen molar-refractivity contribution in [1.82, 2.24) is 5.43 Å². The van der Waals surface area contributed by atoms with Crippen molar-refractivity contribution in [2.45, 2.75) is 52.5 Å². The van der Waals surface area contributed by atoms with Gasteiger partial charge >= 0.3 is 0 Å². The van der Waals surface area contributed by atoms with Crippen LogP contribution in [0.15, 0.2) is 35.4 Å². The highest BCUT2D eigenvalue weighted by atomic mass is 16.5. The van der Waals surface area contributed by atoms with Crippen LogP contribution in [0.25, 0.3) is 0 Å². The quantitative estimate of drug-likeness (QED) is 0.600. The number of hydrogen-bond acceptors (Lipinski definition) is 4. The number of fused-ring (bicyclic) bond motifs is 1. The molecule has 0 saturated heterocycles. The van der Waals surface area contributed by atoms with Crippen molar-refractivity contribution in [3.63, 3.8) is 0 Å². The average molecular weight is 394 g/mol. The van der Waals surface area contributed by atoms with Crippen LogP contribution in [0, 0.1) is 13.8 Å². The molecule has 0 aromatic heterocycles. The summed E-state index contributed by atoms with van der Waals surface area (Å²) in [5.74, 6) is 0.723. The van der Waals surface area contributed by atoms with Gasteiger partial charge < -0.3 is 9.64 Å². The van der Waals surface area contributed by atoms with E-state index in [2.05, 4.69) is 62.3 Å². The lowest BCUT2D eigenvalue weighted by molar-refractivity contribution is 0.0952. The minimum absolute atomic E-state index is 0.134. The summed E-state index contributed by atoms with van der Waals surface area (Å²) in [5.41, 5.74) is 9.00. The summed E-state index contributed by atoms with van der Waals surface area (Å²) in [6.07, 6.45) is 2.82. The average Bonchev–Trinajstić information content (AvgIpc) is 2.66. The van der Waals surface area contributed by atoms with Gasteiger partial charge in [-0.2, -0.15) is 5.10 Å². The number of carbonyl (C=O) groups is 1. The summed E-state index contributed by atoms with van der Waals surface area (Å²) in [4.78, 5) is 14.9. The fourth-order valence-electron chi connectivity index (χ4n) is 4.08. The first-order chi connectivity index (χ1) is 13.6. The van der Waals surface area contributed by atoms with E-state index in [1.807, 2.05) is 19.1 Å². The van der Waals surface area contributed by atoms with Crippen LogP contribution in [0.4, 0.5) is 5.69 Å². The van der Waals surface area contributed by atoms with Crippen molar-refractivity contribution < 1.29 is 9.53 Å². The zero-order valence-electron chi connectivity index (χ0n) is 18.5. The molecule has 0 bridgehead atoms. The van der Waals surface area contributed by atoms with E-state index < -0.39 is 0 Å². The smallest absolute Gasteiger partial charge is 0.275 e. The number of nitrogens with one attached hydrogen (secondary N) is 1. The molecule has 1 unspecified atom stereocenters. The van der Waals surface area contributed by atoms with E-state index in [1.54, 1.807) is 19.4 Å². The number of hydrogen-bond donors (Lipinski definition) is 1. The van der Waals surface area contributed by atoms with Gasteiger partial charge in [-0.15, -0.1) is 0 Å². The monoisotopic (exact) mass is 393 g/mol. The van der Waals surface area contributed by atoms with Gasteiger partial charge in [-0.3, -0.25) is 4.79 Å². The van der Waals surface area contributed by atoms with E-state index in [1.165, 1.54) is 11.3 Å². The third-order valence-electron chi connectivity index (χ3n) is 5.99. The molecule has 1 aliphatic rings. The van der Waals surface area contributed by atoms with Crippen molar-refractivity contribution >= 4 is 17.8 Å². The molecule has 0 radical (unpaired) electrons. The summed E-state index contributed by atoms with van der Waals surface area (Å²) in [5, 5.41) is 4.20. The molecule has 3 rings (SSSR count). The number of rotatable bonds is 4. The Kier molecular flexibility index (Phi) is 5.69. The molecule has 5 nitrogen and oxygen atoms in total. The summed E-state index contributed by atoms with van der Waals surface area (Å²) in [7, 11) is 3.72. The van der Waals surface area contributed by atoms with Crippen molar-refractivity contribution in [2.24, 2.45) is 5.10 Å². The molecule has 5 heteroatoms. The molecule has 0 saturated carbocycles. The Morgan fingerprint density at radius 3 is 2.69 bits per heavy atom. The SMILES string of the molecule is COc1cc(C)ccc1C(=O)N/N=C/c1cc2c(cc1C)N(C)C(C)(C)CC2C. The topological polar surface area (TPSA) is 53.9 Å². The number of ether oxygens (including phenoxy) is 1. The summed E-state index contributed by atoms with van der Waals surface area (Å²) < 4.78 is 5.31. The standard InChI is InChI=1S/C24H31N3O2/c1-15-8-9-19(22(10-15)29-7)23(28)26-25-14-18-12-20-17(3)13-24(4,5)27(6)21(20)11-16(18)2/h8-12,14,17H,13H2,1-7H3,(H,26,28)/b25-14+.